The van der Waals surface area contributed by atoms with Crippen LogP contribution in [0.15, 0.2) is 17.5 Å². The van der Waals surface area contributed by atoms with Gasteiger partial charge in [0.15, 0.2) is 5.96 Å². The summed E-state index contributed by atoms with van der Waals surface area (Å²) in [6.45, 7) is 0.173. The first-order valence-electron chi connectivity index (χ1n) is 9.00. The molecule has 1 rings (SSSR count). The lowest BCUT2D eigenvalue weighted by molar-refractivity contribution is -0.142. The number of carbonyl (C=O) groups is 4. The van der Waals surface area contributed by atoms with Gasteiger partial charge in [0.25, 0.3) is 0 Å². The molecule has 0 fully saturated rings. The molecule has 166 valence electrons. The third-order valence-electron chi connectivity index (χ3n) is 3.93. The minimum absolute atomic E-state index is 0.0223. The summed E-state index contributed by atoms with van der Waals surface area (Å²) in [4.78, 5) is 57.8. The van der Waals surface area contributed by atoms with Crippen LogP contribution in [0.3, 0.4) is 0 Å². The van der Waals surface area contributed by atoms with Crippen LogP contribution in [0.1, 0.15) is 25.0 Å². The molecule has 0 saturated carbocycles. The van der Waals surface area contributed by atoms with Crippen molar-refractivity contribution >= 4 is 29.7 Å². The Morgan fingerprint density at radius 2 is 1.80 bits per heavy atom. The number of aliphatic imine (C=N–C) groups is 1. The molecule has 30 heavy (non-hydrogen) atoms. The molecular formula is C16H27N9O5. The van der Waals surface area contributed by atoms with E-state index >= 15 is 0 Å². The highest BCUT2D eigenvalue weighted by Gasteiger charge is 2.29. The van der Waals surface area contributed by atoms with E-state index in [0.29, 0.717) is 5.69 Å². The molecule has 12 N–H and O–H groups in total. The van der Waals surface area contributed by atoms with Crippen molar-refractivity contribution in [2.24, 2.45) is 27.9 Å². The fraction of sp³-hybridized carbons (Fsp3) is 0.500. The molecule has 0 radical (unpaired) electrons. The van der Waals surface area contributed by atoms with Crippen LogP contribution in [0.25, 0.3) is 0 Å². The van der Waals surface area contributed by atoms with Gasteiger partial charge in [0.05, 0.1) is 18.8 Å². The quantitative estimate of drug-likeness (QED) is 0.0875. The van der Waals surface area contributed by atoms with Gasteiger partial charge in [-0.15, -0.1) is 0 Å². The van der Waals surface area contributed by atoms with Crippen molar-refractivity contribution in [2.75, 3.05) is 6.54 Å². The lowest BCUT2D eigenvalue weighted by Crippen LogP contribution is -2.55. The van der Waals surface area contributed by atoms with E-state index in [9.17, 15) is 24.3 Å². The molecule has 3 atom stereocenters. The lowest BCUT2D eigenvalue weighted by Gasteiger charge is -2.22. The van der Waals surface area contributed by atoms with E-state index in [0.717, 1.165) is 0 Å². The van der Waals surface area contributed by atoms with E-state index in [1.54, 1.807) is 0 Å². The smallest absolute Gasteiger partial charge is 0.326 e. The largest absolute Gasteiger partial charge is 0.480 e. The third-order valence-corrected chi connectivity index (χ3v) is 3.93. The molecule has 1 aromatic rings. The van der Waals surface area contributed by atoms with Gasteiger partial charge in [0.1, 0.15) is 12.1 Å². The van der Waals surface area contributed by atoms with Crippen LogP contribution in [0.4, 0.5) is 0 Å². The van der Waals surface area contributed by atoms with Crippen molar-refractivity contribution in [3.05, 3.63) is 18.2 Å². The molecule has 0 aromatic carbocycles. The number of aromatic amines is 1. The minimum atomic E-state index is -1.39. The molecule has 0 saturated heterocycles. The van der Waals surface area contributed by atoms with Crippen molar-refractivity contribution < 1.29 is 24.3 Å². The molecule has 1 aromatic heterocycles. The molecule has 0 aliphatic rings. The van der Waals surface area contributed by atoms with Gasteiger partial charge in [0, 0.05) is 24.9 Å². The number of imidazole rings is 1. The first-order valence-corrected chi connectivity index (χ1v) is 9.00. The van der Waals surface area contributed by atoms with Crippen LogP contribution >= 0.6 is 0 Å². The number of amides is 3. The summed E-state index contributed by atoms with van der Waals surface area (Å²) in [6.07, 6.45) is 2.78. The summed E-state index contributed by atoms with van der Waals surface area (Å²) in [5.41, 5.74) is 21.9. The average Bonchev–Trinajstić information content (AvgIpc) is 3.15. The summed E-state index contributed by atoms with van der Waals surface area (Å²) in [6, 6.07) is -3.71. The summed E-state index contributed by atoms with van der Waals surface area (Å²) < 4.78 is 0. The van der Waals surface area contributed by atoms with E-state index in [4.69, 9.17) is 22.9 Å². The van der Waals surface area contributed by atoms with Crippen LogP contribution in [0, 0.1) is 0 Å². The first kappa shape index (κ1) is 24.4. The van der Waals surface area contributed by atoms with Gasteiger partial charge in [-0.25, -0.2) is 9.78 Å². The van der Waals surface area contributed by atoms with E-state index in [1.165, 1.54) is 12.5 Å². The highest BCUT2D eigenvalue weighted by Crippen LogP contribution is 2.03. The van der Waals surface area contributed by atoms with E-state index in [-0.39, 0.29) is 31.8 Å². The van der Waals surface area contributed by atoms with Gasteiger partial charge in [-0.1, -0.05) is 0 Å². The van der Waals surface area contributed by atoms with E-state index in [2.05, 4.69) is 25.6 Å². The highest BCUT2D eigenvalue weighted by atomic mass is 16.4. The number of hydrogen-bond acceptors (Lipinski definition) is 7. The molecule has 0 aliphatic carbocycles. The summed E-state index contributed by atoms with van der Waals surface area (Å²) >= 11 is 0. The second-order valence-corrected chi connectivity index (χ2v) is 6.47. The fourth-order valence-electron chi connectivity index (χ4n) is 2.45. The van der Waals surface area contributed by atoms with Gasteiger partial charge in [0.2, 0.25) is 17.7 Å². The van der Waals surface area contributed by atoms with Gasteiger partial charge >= 0.3 is 5.97 Å². The predicted molar refractivity (Wildman–Crippen MR) is 105 cm³/mol. The lowest BCUT2D eigenvalue weighted by atomic mass is 10.1. The Kier molecular flexibility index (Phi) is 9.75. The zero-order valence-electron chi connectivity index (χ0n) is 16.2. The topological polar surface area (TPSA) is 258 Å². The molecule has 1 heterocycles. The second kappa shape index (κ2) is 12.0. The number of carbonyl (C=O) groups excluding carboxylic acids is 3. The number of rotatable bonds is 13. The fourth-order valence-corrected chi connectivity index (χ4v) is 2.45. The molecule has 0 spiro atoms. The Bertz CT molecular complexity index is 761. The maximum atomic E-state index is 12.5. The van der Waals surface area contributed by atoms with E-state index < -0.39 is 48.2 Å². The van der Waals surface area contributed by atoms with Gasteiger partial charge in [-0.05, 0) is 12.8 Å². The van der Waals surface area contributed by atoms with Gasteiger partial charge < -0.3 is 43.7 Å². The van der Waals surface area contributed by atoms with Crippen molar-refractivity contribution in [1.82, 2.24) is 20.6 Å². The van der Waals surface area contributed by atoms with Crippen molar-refractivity contribution in [2.45, 2.75) is 43.8 Å². The first-order chi connectivity index (χ1) is 14.1. The maximum Gasteiger partial charge on any atom is 0.326 e. The number of aliphatic carboxylic acids is 1. The number of nitrogens with two attached hydrogens (primary N) is 4. The molecular weight excluding hydrogens is 398 g/mol. The number of nitrogens with zero attached hydrogens (tertiary/aromatic N) is 2. The van der Waals surface area contributed by atoms with Crippen LogP contribution in [-0.4, -0.2) is 69.4 Å². The molecule has 14 nitrogen and oxygen atoms in total. The number of aromatic nitrogens is 2. The van der Waals surface area contributed by atoms with Crippen LogP contribution in [0.5, 0.6) is 0 Å². The second-order valence-electron chi connectivity index (χ2n) is 6.47. The Morgan fingerprint density at radius 1 is 1.13 bits per heavy atom. The molecule has 14 heteroatoms. The van der Waals surface area contributed by atoms with Crippen LogP contribution in [-0.2, 0) is 25.6 Å². The van der Waals surface area contributed by atoms with Gasteiger partial charge in [-0.3, -0.25) is 19.4 Å². The molecule has 0 aliphatic heterocycles. The summed E-state index contributed by atoms with van der Waals surface area (Å²) in [7, 11) is 0. The monoisotopic (exact) mass is 425 g/mol. The summed E-state index contributed by atoms with van der Waals surface area (Å²) in [5.74, 6) is -3.90. The Balaban J connectivity index is 2.73. The van der Waals surface area contributed by atoms with Crippen molar-refractivity contribution in [3.8, 4) is 0 Å². The standard InChI is InChI=1S/C16H27N9O5/c17-9(4-8-6-21-7-23-8)13(27)25-11(5-12(18)26)14(28)24-10(15(29)30)2-1-3-22-16(19)20/h6-7,9-11H,1-5,17H2,(H2,18,26)(H,21,23)(H,24,28)(H,25,27)(H,29,30)(H4,19,20,22). The Labute approximate surface area is 171 Å². The molecule has 3 amide bonds. The highest BCUT2D eigenvalue weighted by molar-refractivity contribution is 5.94. The number of primary amides is 1. The number of H-pyrrole nitrogens is 1. The summed E-state index contributed by atoms with van der Waals surface area (Å²) in [5, 5.41) is 13.9. The maximum absolute atomic E-state index is 12.5. The third kappa shape index (κ3) is 9.01. The number of hydrogen-bond donors (Lipinski definition) is 8. The molecule has 3 unspecified atom stereocenters. The minimum Gasteiger partial charge on any atom is -0.480 e. The average molecular weight is 425 g/mol. The Hall–Kier alpha value is -3.68. The number of carboxylic acid groups (broad SMARTS) is 1. The van der Waals surface area contributed by atoms with Crippen molar-refractivity contribution in [1.29, 1.82) is 0 Å². The van der Waals surface area contributed by atoms with Crippen LogP contribution < -0.4 is 33.6 Å². The number of carboxylic acids is 1. The normalized spacial score (nSPS) is 13.5. The molecule has 0 bridgehead atoms. The van der Waals surface area contributed by atoms with Crippen molar-refractivity contribution in [3.63, 3.8) is 0 Å². The predicted octanol–water partition coefficient (Wildman–Crippen LogP) is -3.74. The van der Waals surface area contributed by atoms with Gasteiger partial charge in [-0.2, -0.15) is 0 Å². The number of nitrogens with one attached hydrogen (secondary N) is 3. The van der Waals surface area contributed by atoms with E-state index in [1.807, 2.05) is 0 Å². The number of guanidine groups is 1. The Morgan fingerprint density at radius 3 is 2.33 bits per heavy atom. The zero-order valence-corrected chi connectivity index (χ0v) is 16.2. The van der Waals surface area contributed by atoms with Crippen LogP contribution in [0.2, 0.25) is 0 Å². The zero-order chi connectivity index (χ0) is 22.7. The SMILES string of the molecule is NC(=O)CC(NC(=O)C(N)Cc1cnc[nH]1)C(=O)NC(CCCN=C(N)N)C(=O)O.